The number of hydrogen-bond donors (Lipinski definition) is 3. The predicted octanol–water partition coefficient (Wildman–Crippen LogP) is 3.87. The lowest BCUT2D eigenvalue weighted by Gasteiger charge is -2.27. The minimum Gasteiger partial charge on any atom is -0.481 e. The van der Waals surface area contributed by atoms with Crippen LogP contribution in [0.25, 0.3) is 0 Å². The minimum absolute atomic E-state index is 0.101. The maximum atomic E-state index is 11.9. The first kappa shape index (κ1) is 16.1. The van der Waals surface area contributed by atoms with Crippen LogP contribution in [-0.2, 0) is 4.79 Å². The first-order valence-electron chi connectivity index (χ1n) is 6.71. The third kappa shape index (κ3) is 4.61. The fourth-order valence-corrected chi connectivity index (χ4v) is 2.97. The van der Waals surface area contributed by atoms with Crippen molar-refractivity contribution < 1.29 is 14.7 Å². The van der Waals surface area contributed by atoms with E-state index in [9.17, 15) is 9.59 Å². The third-order valence-electron chi connectivity index (χ3n) is 3.54. The molecular weight excluding hydrogens is 360 g/mol. The average molecular weight is 376 g/mol. The number of aliphatic carboxylic acids is 1. The number of nitrogens with one attached hydrogen (secondary N) is 2. The topological polar surface area (TPSA) is 78.4 Å². The summed E-state index contributed by atoms with van der Waals surface area (Å²) >= 11 is 9.18. The molecule has 2 rings (SSSR count). The molecule has 21 heavy (non-hydrogen) atoms. The quantitative estimate of drug-likeness (QED) is 0.750. The molecular formula is C14H16BrClN2O3. The number of carbonyl (C=O) groups is 2. The zero-order valence-corrected chi connectivity index (χ0v) is 13.6. The van der Waals surface area contributed by atoms with E-state index in [0.29, 0.717) is 28.0 Å². The number of rotatable bonds is 3. The van der Waals surface area contributed by atoms with E-state index in [1.54, 1.807) is 18.2 Å². The smallest absolute Gasteiger partial charge is 0.319 e. The first-order valence-corrected chi connectivity index (χ1v) is 7.88. The molecule has 114 valence electrons. The third-order valence-corrected chi connectivity index (χ3v) is 4.75. The molecule has 1 aromatic carbocycles. The molecule has 0 aliphatic heterocycles. The predicted molar refractivity (Wildman–Crippen MR) is 84.7 cm³/mol. The number of halogens is 2. The second kappa shape index (κ2) is 7.13. The Bertz CT molecular complexity index is 553. The van der Waals surface area contributed by atoms with Crippen molar-refractivity contribution in [2.24, 2.45) is 5.92 Å². The molecule has 7 heteroatoms. The number of carbonyl (C=O) groups excluding carboxylic acids is 1. The van der Waals surface area contributed by atoms with Crippen LogP contribution in [0.15, 0.2) is 22.7 Å². The molecule has 1 aromatic rings. The fraction of sp³-hybridized carbons (Fsp3) is 0.429. The van der Waals surface area contributed by atoms with Crippen LogP contribution in [0.3, 0.4) is 0 Å². The summed E-state index contributed by atoms with van der Waals surface area (Å²) in [4.78, 5) is 22.9. The van der Waals surface area contributed by atoms with Gasteiger partial charge in [0.05, 0.1) is 10.9 Å². The molecule has 0 spiro atoms. The Labute approximate surface area is 136 Å². The molecule has 0 aromatic heterocycles. The number of anilines is 1. The van der Waals surface area contributed by atoms with Gasteiger partial charge >= 0.3 is 12.0 Å². The van der Waals surface area contributed by atoms with Gasteiger partial charge in [0.15, 0.2) is 0 Å². The van der Waals surface area contributed by atoms with Gasteiger partial charge in [-0.1, -0.05) is 18.0 Å². The molecule has 0 heterocycles. The summed E-state index contributed by atoms with van der Waals surface area (Å²) in [5.74, 6) is -1.16. The first-order chi connectivity index (χ1) is 9.95. The number of amides is 2. The zero-order valence-electron chi connectivity index (χ0n) is 11.2. The van der Waals surface area contributed by atoms with E-state index in [0.717, 1.165) is 12.8 Å². The molecule has 1 saturated carbocycles. The van der Waals surface area contributed by atoms with Gasteiger partial charge < -0.3 is 15.7 Å². The summed E-state index contributed by atoms with van der Waals surface area (Å²) in [7, 11) is 0. The van der Waals surface area contributed by atoms with E-state index >= 15 is 0 Å². The van der Waals surface area contributed by atoms with Crippen molar-refractivity contribution in [2.75, 3.05) is 5.32 Å². The molecule has 1 fully saturated rings. The van der Waals surface area contributed by atoms with Crippen molar-refractivity contribution in [3.05, 3.63) is 27.7 Å². The fourth-order valence-electron chi connectivity index (χ4n) is 2.47. The van der Waals surface area contributed by atoms with Crippen molar-refractivity contribution in [1.82, 2.24) is 5.32 Å². The van der Waals surface area contributed by atoms with Crippen molar-refractivity contribution in [3.63, 3.8) is 0 Å². The van der Waals surface area contributed by atoms with Gasteiger partial charge in [-0.3, -0.25) is 4.79 Å². The summed E-state index contributed by atoms with van der Waals surface area (Å²) in [6.07, 6.45) is 2.78. The lowest BCUT2D eigenvalue weighted by Crippen LogP contribution is -2.42. The highest BCUT2D eigenvalue weighted by Gasteiger charge is 2.27. The monoisotopic (exact) mass is 374 g/mol. The highest BCUT2D eigenvalue weighted by Crippen LogP contribution is 2.26. The summed E-state index contributed by atoms with van der Waals surface area (Å²) < 4.78 is 0.700. The highest BCUT2D eigenvalue weighted by molar-refractivity contribution is 9.10. The van der Waals surface area contributed by atoms with Crippen LogP contribution in [0.1, 0.15) is 25.7 Å². The summed E-state index contributed by atoms with van der Waals surface area (Å²) in [5, 5.41) is 15.1. The SMILES string of the molecule is O=C(Nc1ccc(Cl)c(Br)c1)NC1CCCC(C(=O)O)C1. The van der Waals surface area contributed by atoms with Gasteiger partial charge in [-0.15, -0.1) is 0 Å². The van der Waals surface area contributed by atoms with E-state index in [2.05, 4.69) is 26.6 Å². The maximum Gasteiger partial charge on any atom is 0.319 e. The Hall–Kier alpha value is -1.27. The number of urea groups is 1. The molecule has 2 amide bonds. The zero-order chi connectivity index (χ0) is 15.4. The minimum atomic E-state index is -0.788. The van der Waals surface area contributed by atoms with Crippen LogP contribution in [-0.4, -0.2) is 23.1 Å². The molecule has 0 saturated heterocycles. The molecule has 0 bridgehead atoms. The van der Waals surface area contributed by atoms with E-state index in [1.165, 1.54) is 0 Å². The van der Waals surface area contributed by atoms with Crippen molar-refractivity contribution >= 4 is 45.2 Å². The van der Waals surface area contributed by atoms with Crippen LogP contribution in [0.2, 0.25) is 5.02 Å². The largest absolute Gasteiger partial charge is 0.481 e. The Kier molecular flexibility index (Phi) is 5.47. The van der Waals surface area contributed by atoms with Crippen LogP contribution < -0.4 is 10.6 Å². The number of benzene rings is 1. The summed E-state index contributed by atoms with van der Waals surface area (Å²) in [6.45, 7) is 0. The van der Waals surface area contributed by atoms with Crippen molar-refractivity contribution in [1.29, 1.82) is 0 Å². The standard InChI is InChI=1S/C14H16BrClN2O3/c15-11-7-10(4-5-12(11)16)18-14(21)17-9-3-1-2-8(6-9)13(19)20/h4-5,7-9H,1-3,6H2,(H,19,20)(H2,17,18,21). The summed E-state index contributed by atoms with van der Waals surface area (Å²) in [6, 6.07) is 4.66. The van der Waals surface area contributed by atoms with Crippen LogP contribution in [0.5, 0.6) is 0 Å². The van der Waals surface area contributed by atoms with Crippen LogP contribution in [0.4, 0.5) is 10.5 Å². The normalized spacial score (nSPS) is 21.6. The second-order valence-corrected chi connectivity index (χ2v) is 6.39. The Balaban J connectivity index is 1.89. The molecule has 1 aliphatic rings. The Morgan fingerprint density at radius 3 is 2.76 bits per heavy atom. The van der Waals surface area contributed by atoms with Crippen LogP contribution in [0, 0.1) is 5.92 Å². The van der Waals surface area contributed by atoms with Crippen molar-refractivity contribution in [2.45, 2.75) is 31.7 Å². The number of hydrogen-bond acceptors (Lipinski definition) is 2. The van der Waals surface area contributed by atoms with E-state index in [1.807, 2.05) is 0 Å². The van der Waals surface area contributed by atoms with Gasteiger partial charge in [-0.2, -0.15) is 0 Å². The number of carboxylic acids is 1. The number of carboxylic acid groups (broad SMARTS) is 1. The maximum absolute atomic E-state index is 11.9. The Morgan fingerprint density at radius 2 is 2.10 bits per heavy atom. The van der Waals surface area contributed by atoms with E-state index in [-0.39, 0.29) is 18.0 Å². The molecule has 2 atom stereocenters. The van der Waals surface area contributed by atoms with E-state index < -0.39 is 5.97 Å². The highest BCUT2D eigenvalue weighted by atomic mass is 79.9. The molecule has 5 nitrogen and oxygen atoms in total. The average Bonchev–Trinajstić information content (AvgIpc) is 2.43. The van der Waals surface area contributed by atoms with Gasteiger partial charge in [0.1, 0.15) is 0 Å². The van der Waals surface area contributed by atoms with Gasteiger partial charge in [0.25, 0.3) is 0 Å². The lowest BCUT2D eigenvalue weighted by atomic mass is 9.86. The van der Waals surface area contributed by atoms with Gasteiger partial charge in [-0.05, 0) is 53.4 Å². The lowest BCUT2D eigenvalue weighted by molar-refractivity contribution is -0.143. The van der Waals surface area contributed by atoms with Gasteiger partial charge in [0.2, 0.25) is 0 Å². The van der Waals surface area contributed by atoms with Crippen molar-refractivity contribution in [3.8, 4) is 0 Å². The molecule has 0 radical (unpaired) electrons. The molecule has 2 unspecified atom stereocenters. The molecule has 3 N–H and O–H groups in total. The van der Waals surface area contributed by atoms with E-state index in [4.69, 9.17) is 16.7 Å². The summed E-state index contributed by atoms with van der Waals surface area (Å²) in [5.41, 5.74) is 0.620. The van der Waals surface area contributed by atoms with Gasteiger partial charge in [0, 0.05) is 16.2 Å². The van der Waals surface area contributed by atoms with Gasteiger partial charge in [-0.25, -0.2) is 4.79 Å². The second-order valence-electron chi connectivity index (χ2n) is 5.13. The Morgan fingerprint density at radius 1 is 1.33 bits per heavy atom. The van der Waals surface area contributed by atoms with Crippen LogP contribution >= 0.6 is 27.5 Å². The molecule has 1 aliphatic carbocycles.